The topological polar surface area (TPSA) is 58.9 Å². The van der Waals surface area contributed by atoms with Crippen LogP contribution in [-0.4, -0.2) is 10.7 Å². The van der Waals surface area contributed by atoms with Crippen LogP contribution in [0.3, 0.4) is 0 Å². The average molecular weight is 235 g/mol. The van der Waals surface area contributed by atoms with Gasteiger partial charge >= 0.3 is 0 Å². The molecule has 0 aromatic heterocycles. The van der Waals surface area contributed by atoms with Crippen LogP contribution < -0.4 is 4.74 Å². The van der Waals surface area contributed by atoms with Gasteiger partial charge in [-0.15, -0.1) is 4.91 Å². The molecule has 17 heavy (non-hydrogen) atoms. The van der Waals surface area contributed by atoms with Crippen LogP contribution in [0.25, 0.3) is 0 Å². The van der Waals surface area contributed by atoms with Crippen molar-refractivity contribution in [3.8, 4) is 11.5 Å². The van der Waals surface area contributed by atoms with Crippen LogP contribution in [-0.2, 0) is 6.42 Å². The Morgan fingerprint density at radius 1 is 1.29 bits per heavy atom. The van der Waals surface area contributed by atoms with Crippen molar-refractivity contribution in [3.63, 3.8) is 0 Å². The summed E-state index contributed by atoms with van der Waals surface area (Å²) in [7, 11) is 0. The Hall–Kier alpha value is -1.58. The largest absolute Gasteiger partial charge is 0.505 e. The Balaban J connectivity index is 2.70. The van der Waals surface area contributed by atoms with E-state index in [0.29, 0.717) is 17.7 Å². The van der Waals surface area contributed by atoms with Gasteiger partial charge in [0.05, 0.1) is 0 Å². The number of rotatable bonds is 1. The van der Waals surface area contributed by atoms with Crippen molar-refractivity contribution in [2.45, 2.75) is 46.1 Å². The lowest BCUT2D eigenvalue weighted by Crippen LogP contribution is -2.33. The number of nitrogens with zero attached hydrogens (tertiary/aromatic N) is 1. The van der Waals surface area contributed by atoms with Crippen LogP contribution in [0.15, 0.2) is 5.18 Å². The van der Waals surface area contributed by atoms with Gasteiger partial charge < -0.3 is 9.84 Å². The first-order valence-corrected chi connectivity index (χ1v) is 5.75. The molecule has 1 aliphatic rings. The molecule has 1 N–H and O–H groups in total. The summed E-state index contributed by atoms with van der Waals surface area (Å²) >= 11 is 0. The maximum atomic E-state index is 10.9. The number of hydrogen-bond donors (Lipinski definition) is 1. The summed E-state index contributed by atoms with van der Waals surface area (Å²) in [6.45, 7) is 7.70. The molecule has 1 aliphatic heterocycles. The summed E-state index contributed by atoms with van der Waals surface area (Å²) in [5, 5.41) is 12.9. The average Bonchev–Trinajstić information content (AvgIpc) is 2.27. The number of aromatic hydroxyl groups is 1. The van der Waals surface area contributed by atoms with Crippen molar-refractivity contribution >= 4 is 5.69 Å². The number of hydrogen-bond acceptors (Lipinski definition) is 4. The van der Waals surface area contributed by atoms with Crippen LogP contribution in [0.5, 0.6) is 11.5 Å². The molecule has 0 radical (unpaired) electrons. The fraction of sp³-hybridized carbons (Fsp3) is 0.538. The highest BCUT2D eigenvalue weighted by Crippen LogP contribution is 2.47. The standard InChI is InChI=1S/C13H17NO3/c1-7-8(2)12-9(10(14-16)11(7)15)5-6-13(3,4)17-12/h15H,5-6H2,1-4H3. The Morgan fingerprint density at radius 3 is 2.53 bits per heavy atom. The van der Waals surface area contributed by atoms with E-state index in [0.717, 1.165) is 17.5 Å². The lowest BCUT2D eigenvalue weighted by molar-refractivity contribution is 0.0836. The molecule has 4 heteroatoms. The van der Waals surface area contributed by atoms with Crippen molar-refractivity contribution < 1.29 is 9.84 Å². The van der Waals surface area contributed by atoms with Crippen LogP contribution in [0.1, 0.15) is 37.0 Å². The molecule has 0 atom stereocenters. The Kier molecular flexibility index (Phi) is 2.60. The number of benzene rings is 1. The second kappa shape index (κ2) is 3.72. The van der Waals surface area contributed by atoms with Crippen molar-refractivity contribution in [3.05, 3.63) is 21.6 Å². The van der Waals surface area contributed by atoms with Crippen LogP contribution >= 0.6 is 0 Å². The normalized spacial score (nSPS) is 17.2. The zero-order chi connectivity index (χ0) is 12.8. The van der Waals surface area contributed by atoms with Crippen molar-refractivity contribution in [2.24, 2.45) is 5.18 Å². The van der Waals surface area contributed by atoms with Gasteiger partial charge in [-0.25, -0.2) is 0 Å². The number of fused-ring (bicyclic) bond motifs is 1. The monoisotopic (exact) mass is 235 g/mol. The molecule has 0 bridgehead atoms. The van der Waals surface area contributed by atoms with E-state index in [9.17, 15) is 10.0 Å². The number of phenols is 1. The van der Waals surface area contributed by atoms with Gasteiger partial charge in [0.2, 0.25) is 0 Å². The molecule has 0 aliphatic carbocycles. The molecule has 1 aromatic carbocycles. The van der Waals surface area contributed by atoms with Crippen LogP contribution in [0.4, 0.5) is 5.69 Å². The maximum absolute atomic E-state index is 10.9. The minimum absolute atomic E-state index is 0.0143. The molecule has 0 unspecified atom stereocenters. The van der Waals surface area contributed by atoms with Crippen molar-refractivity contribution in [2.75, 3.05) is 0 Å². The van der Waals surface area contributed by atoms with Gasteiger partial charge in [0, 0.05) is 5.56 Å². The summed E-state index contributed by atoms with van der Waals surface area (Å²) in [5.41, 5.74) is 2.19. The third-order valence-corrected chi connectivity index (χ3v) is 3.49. The quantitative estimate of drug-likeness (QED) is 0.758. The number of nitroso groups, excluding NO2 is 1. The number of ether oxygens (including phenoxy) is 1. The summed E-state index contributed by atoms with van der Waals surface area (Å²) in [6.07, 6.45) is 1.52. The van der Waals surface area contributed by atoms with E-state index in [1.807, 2.05) is 20.8 Å². The Bertz CT molecular complexity index is 492. The SMILES string of the molecule is Cc1c(C)c2c(c(N=O)c1O)CCC(C)(C)O2. The third-order valence-electron chi connectivity index (χ3n) is 3.49. The summed E-state index contributed by atoms with van der Waals surface area (Å²) in [4.78, 5) is 10.9. The molecule has 0 amide bonds. The fourth-order valence-corrected chi connectivity index (χ4v) is 2.22. The van der Waals surface area contributed by atoms with E-state index >= 15 is 0 Å². The molecule has 0 fully saturated rings. The summed E-state index contributed by atoms with van der Waals surface area (Å²) in [6, 6.07) is 0. The van der Waals surface area contributed by atoms with E-state index in [1.54, 1.807) is 6.92 Å². The molecule has 0 saturated carbocycles. The van der Waals surface area contributed by atoms with Crippen molar-refractivity contribution in [1.29, 1.82) is 0 Å². The summed E-state index contributed by atoms with van der Waals surface area (Å²) in [5.74, 6) is 0.700. The van der Waals surface area contributed by atoms with E-state index in [4.69, 9.17) is 4.74 Å². The van der Waals surface area contributed by atoms with Gasteiger partial charge in [0.1, 0.15) is 17.1 Å². The van der Waals surface area contributed by atoms with Gasteiger partial charge in [-0.05, 0) is 56.8 Å². The first kappa shape index (κ1) is 11.9. The molecule has 0 spiro atoms. The zero-order valence-electron chi connectivity index (χ0n) is 10.6. The smallest absolute Gasteiger partial charge is 0.156 e. The van der Waals surface area contributed by atoms with Gasteiger partial charge in [-0.3, -0.25) is 0 Å². The highest BCUT2D eigenvalue weighted by molar-refractivity contribution is 5.69. The van der Waals surface area contributed by atoms with Crippen molar-refractivity contribution in [1.82, 2.24) is 0 Å². The molecule has 2 rings (SSSR count). The first-order chi connectivity index (χ1) is 7.87. The Morgan fingerprint density at radius 2 is 1.94 bits per heavy atom. The van der Waals surface area contributed by atoms with E-state index < -0.39 is 0 Å². The highest BCUT2D eigenvalue weighted by atomic mass is 16.5. The van der Waals surface area contributed by atoms with E-state index in [-0.39, 0.29) is 17.0 Å². The molecular weight excluding hydrogens is 218 g/mol. The zero-order valence-corrected chi connectivity index (χ0v) is 10.6. The van der Waals surface area contributed by atoms with Crippen LogP contribution in [0.2, 0.25) is 0 Å². The first-order valence-electron chi connectivity index (χ1n) is 5.75. The minimum atomic E-state index is -0.235. The minimum Gasteiger partial charge on any atom is -0.505 e. The molecule has 0 saturated heterocycles. The maximum Gasteiger partial charge on any atom is 0.156 e. The summed E-state index contributed by atoms with van der Waals surface area (Å²) < 4.78 is 5.92. The predicted molar refractivity (Wildman–Crippen MR) is 66.1 cm³/mol. The third kappa shape index (κ3) is 1.77. The Labute approximate surface area is 101 Å². The number of phenolic OH excluding ortho intramolecular Hbond substituents is 1. The van der Waals surface area contributed by atoms with Gasteiger partial charge in [0.15, 0.2) is 5.69 Å². The molecule has 4 nitrogen and oxygen atoms in total. The second-order valence-electron chi connectivity index (χ2n) is 5.21. The highest BCUT2D eigenvalue weighted by Gasteiger charge is 2.32. The fourth-order valence-electron chi connectivity index (χ4n) is 2.22. The van der Waals surface area contributed by atoms with Gasteiger partial charge in [-0.1, -0.05) is 0 Å². The second-order valence-corrected chi connectivity index (χ2v) is 5.21. The molecule has 1 heterocycles. The molecule has 1 aromatic rings. The van der Waals surface area contributed by atoms with Gasteiger partial charge in [0.25, 0.3) is 0 Å². The predicted octanol–water partition coefficient (Wildman–Crippen LogP) is 3.51. The lowest BCUT2D eigenvalue weighted by atomic mass is 9.90. The lowest BCUT2D eigenvalue weighted by Gasteiger charge is -2.34. The van der Waals surface area contributed by atoms with Crippen LogP contribution in [0, 0.1) is 18.8 Å². The van der Waals surface area contributed by atoms with E-state index in [1.165, 1.54) is 0 Å². The van der Waals surface area contributed by atoms with Gasteiger partial charge in [-0.2, -0.15) is 0 Å². The molecular formula is C13H17NO3. The molecule has 92 valence electrons. The van der Waals surface area contributed by atoms with E-state index in [2.05, 4.69) is 5.18 Å².